The molecule has 3 aromatic heterocycles. The van der Waals surface area contributed by atoms with Crippen LogP contribution in [-0.2, 0) is 6.42 Å². The van der Waals surface area contributed by atoms with E-state index in [-0.39, 0.29) is 0 Å². The molecule has 3 heterocycles. The number of fused-ring (bicyclic) bond motifs is 1. The molecule has 3 rings (SSSR count). The second-order valence-electron chi connectivity index (χ2n) is 4.04. The van der Waals surface area contributed by atoms with Gasteiger partial charge >= 0.3 is 0 Å². The average Bonchev–Trinajstić information content (AvgIpc) is 2.85. The largest absolute Gasteiger partial charge is 0.246 e. The van der Waals surface area contributed by atoms with Gasteiger partial charge in [-0.05, 0) is 19.9 Å². The maximum atomic E-state index is 6.18. The van der Waals surface area contributed by atoms with Crippen molar-refractivity contribution < 1.29 is 0 Å². The molecule has 0 N–H and O–H groups in total. The van der Waals surface area contributed by atoms with Gasteiger partial charge in [-0.2, -0.15) is 0 Å². The molecule has 0 bridgehead atoms. The van der Waals surface area contributed by atoms with E-state index >= 15 is 0 Å². The van der Waals surface area contributed by atoms with E-state index in [0.29, 0.717) is 11.6 Å². The molecule has 0 amide bonds. The Labute approximate surface area is 118 Å². The Kier molecular flexibility index (Phi) is 3.05. The summed E-state index contributed by atoms with van der Waals surface area (Å²) in [6.45, 7) is 4.04. The van der Waals surface area contributed by atoms with E-state index < -0.39 is 0 Å². The Bertz CT molecular complexity index is 717. The zero-order valence-corrected chi connectivity index (χ0v) is 12.3. The van der Waals surface area contributed by atoms with Crippen LogP contribution in [0.3, 0.4) is 0 Å². The molecule has 3 aromatic rings. The molecule has 6 heteroatoms. The van der Waals surface area contributed by atoms with E-state index in [2.05, 4.69) is 15.0 Å². The molecule has 0 saturated heterocycles. The molecule has 3 nitrogen and oxygen atoms in total. The standard InChI is InChI=1S/C12H10ClN3S2/c1-6-3-9-11(13)15-10(16-12(9)18-6)4-8-5-17-7(2)14-8/h3,5H,4H2,1-2H3. The molecule has 0 atom stereocenters. The van der Waals surface area contributed by atoms with Crippen LogP contribution in [0, 0.1) is 13.8 Å². The topological polar surface area (TPSA) is 38.7 Å². The normalized spacial score (nSPS) is 11.3. The van der Waals surface area contributed by atoms with Crippen molar-refractivity contribution in [1.29, 1.82) is 0 Å². The van der Waals surface area contributed by atoms with Gasteiger partial charge in [-0.15, -0.1) is 22.7 Å². The summed E-state index contributed by atoms with van der Waals surface area (Å²) < 4.78 is 0. The molecular weight excluding hydrogens is 286 g/mol. The minimum absolute atomic E-state index is 0.534. The molecule has 18 heavy (non-hydrogen) atoms. The van der Waals surface area contributed by atoms with Crippen molar-refractivity contribution in [2.45, 2.75) is 20.3 Å². The highest BCUT2D eigenvalue weighted by Gasteiger charge is 2.10. The summed E-state index contributed by atoms with van der Waals surface area (Å²) in [5, 5.41) is 4.57. The minimum atomic E-state index is 0.534. The number of thiazole rings is 1. The van der Waals surface area contributed by atoms with E-state index in [4.69, 9.17) is 11.6 Å². The van der Waals surface area contributed by atoms with Crippen molar-refractivity contribution >= 4 is 44.5 Å². The third-order valence-electron chi connectivity index (χ3n) is 2.52. The lowest BCUT2D eigenvalue weighted by atomic mass is 10.3. The van der Waals surface area contributed by atoms with Crippen molar-refractivity contribution in [3.63, 3.8) is 0 Å². The van der Waals surface area contributed by atoms with Gasteiger partial charge in [0.25, 0.3) is 0 Å². The number of halogens is 1. The average molecular weight is 296 g/mol. The zero-order valence-electron chi connectivity index (χ0n) is 9.90. The molecule has 0 aliphatic carbocycles. The van der Waals surface area contributed by atoms with Gasteiger partial charge in [0.05, 0.1) is 17.1 Å². The number of thiophene rings is 1. The molecule has 0 aromatic carbocycles. The fourth-order valence-electron chi connectivity index (χ4n) is 1.78. The first-order chi connectivity index (χ1) is 8.61. The van der Waals surface area contributed by atoms with Crippen molar-refractivity contribution in [2.75, 3.05) is 0 Å². The summed E-state index contributed by atoms with van der Waals surface area (Å²) in [6.07, 6.45) is 0.636. The van der Waals surface area contributed by atoms with Gasteiger partial charge in [-0.25, -0.2) is 15.0 Å². The predicted molar refractivity (Wildman–Crippen MR) is 76.8 cm³/mol. The van der Waals surface area contributed by atoms with E-state index in [0.717, 1.165) is 26.7 Å². The van der Waals surface area contributed by atoms with Gasteiger partial charge in [0, 0.05) is 15.6 Å². The number of aromatic nitrogens is 3. The van der Waals surface area contributed by atoms with Gasteiger partial charge in [0.2, 0.25) is 0 Å². The molecule has 0 unspecified atom stereocenters. The lowest BCUT2D eigenvalue weighted by Crippen LogP contribution is -1.97. The Morgan fingerprint density at radius 1 is 1.22 bits per heavy atom. The second-order valence-corrected chi connectivity index (χ2v) is 6.70. The van der Waals surface area contributed by atoms with Crippen LogP contribution in [0.2, 0.25) is 5.15 Å². The zero-order chi connectivity index (χ0) is 12.7. The Morgan fingerprint density at radius 3 is 2.78 bits per heavy atom. The lowest BCUT2D eigenvalue weighted by Gasteiger charge is -1.99. The monoisotopic (exact) mass is 295 g/mol. The first kappa shape index (κ1) is 12.0. The fourth-order valence-corrected chi connectivity index (χ4v) is 3.59. The van der Waals surface area contributed by atoms with E-state index in [9.17, 15) is 0 Å². The molecule has 0 aliphatic rings. The minimum Gasteiger partial charge on any atom is -0.246 e. The molecule has 0 aliphatic heterocycles. The molecule has 0 saturated carbocycles. The van der Waals surface area contributed by atoms with Gasteiger partial charge < -0.3 is 0 Å². The van der Waals surface area contributed by atoms with E-state index in [1.165, 1.54) is 4.88 Å². The summed E-state index contributed by atoms with van der Waals surface area (Å²) in [5.41, 5.74) is 1.00. The quantitative estimate of drug-likeness (QED) is 0.671. The van der Waals surface area contributed by atoms with Crippen molar-refractivity contribution in [3.8, 4) is 0 Å². The highest BCUT2D eigenvalue weighted by molar-refractivity contribution is 7.18. The third-order valence-corrected chi connectivity index (χ3v) is 4.58. The van der Waals surface area contributed by atoms with Gasteiger partial charge in [0.15, 0.2) is 0 Å². The smallest absolute Gasteiger partial charge is 0.141 e. The summed E-state index contributed by atoms with van der Waals surface area (Å²) in [5.74, 6) is 0.736. The van der Waals surface area contributed by atoms with Crippen LogP contribution in [0.15, 0.2) is 11.4 Å². The van der Waals surface area contributed by atoms with Crippen LogP contribution in [0.5, 0.6) is 0 Å². The first-order valence-corrected chi connectivity index (χ1v) is 7.53. The van der Waals surface area contributed by atoms with Crippen LogP contribution in [0.25, 0.3) is 10.2 Å². The number of aryl methyl sites for hydroxylation is 2. The Hall–Kier alpha value is -1.04. The van der Waals surface area contributed by atoms with Crippen molar-refractivity contribution in [3.05, 3.63) is 38.0 Å². The maximum Gasteiger partial charge on any atom is 0.141 e. The number of hydrogen-bond donors (Lipinski definition) is 0. The molecule has 0 spiro atoms. The first-order valence-electron chi connectivity index (χ1n) is 5.45. The fraction of sp³-hybridized carbons (Fsp3) is 0.250. The van der Waals surface area contributed by atoms with Crippen LogP contribution in [-0.4, -0.2) is 15.0 Å². The highest BCUT2D eigenvalue weighted by atomic mass is 35.5. The summed E-state index contributed by atoms with van der Waals surface area (Å²) in [4.78, 5) is 15.5. The van der Waals surface area contributed by atoms with Crippen molar-refractivity contribution in [1.82, 2.24) is 15.0 Å². The highest BCUT2D eigenvalue weighted by Crippen LogP contribution is 2.28. The van der Waals surface area contributed by atoms with Gasteiger partial charge in [0.1, 0.15) is 15.8 Å². The van der Waals surface area contributed by atoms with Crippen LogP contribution in [0.4, 0.5) is 0 Å². The Balaban J connectivity index is 2.02. The second kappa shape index (κ2) is 4.57. The van der Waals surface area contributed by atoms with Gasteiger partial charge in [-0.1, -0.05) is 11.6 Å². The summed E-state index contributed by atoms with van der Waals surface area (Å²) in [6, 6.07) is 2.03. The third kappa shape index (κ3) is 2.25. The summed E-state index contributed by atoms with van der Waals surface area (Å²) >= 11 is 9.47. The number of rotatable bonds is 2. The SMILES string of the molecule is Cc1cc2c(Cl)nc(Cc3csc(C)n3)nc2s1. The van der Waals surface area contributed by atoms with Crippen molar-refractivity contribution in [2.24, 2.45) is 0 Å². The summed E-state index contributed by atoms with van der Waals surface area (Å²) in [7, 11) is 0. The number of hydrogen-bond acceptors (Lipinski definition) is 5. The van der Waals surface area contributed by atoms with E-state index in [1.807, 2.05) is 25.3 Å². The number of nitrogens with zero attached hydrogens (tertiary/aromatic N) is 3. The maximum absolute atomic E-state index is 6.18. The molecular formula is C12H10ClN3S2. The van der Waals surface area contributed by atoms with Crippen LogP contribution < -0.4 is 0 Å². The predicted octanol–water partition coefficient (Wildman–Crippen LogP) is 4.01. The van der Waals surface area contributed by atoms with E-state index in [1.54, 1.807) is 22.7 Å². The van der Waals surface area contributed by atoms with Crippen LogP contribution >= 0.6 is 34.3 Å². The molecule has 0 fully saturated rings. The van der Waals surface area contributed by atoms with Crippen LogP contribution in [0.1, 0.15) is 21.4 Å². The lowest BCUT2D eigenvalue weighted by molar-refractivity contribution is 0.962. The molecule has 0 radical (unpaired) electrons. The van der Waals surface area contributed by atoms with Gasteiger partial charge in [-0.3, -0.25) is 0 Å². The molecule has 92 valence electrons. The Morgan fingerprint density at radius 2 is 2.06 bits per heavy atom.